The molecule has 5 rings (SSSR count). The molecule has 174 valence electrons. The van der Waals surface area contributed by atoms with Crippen molar-refractivity contribution in [3.8, 4) is 11.6 Å². The van der Waals surface area contributed by atoms with Gasteiger partial charge in [0.15, 0.2) is 10.9 Å². The molecule has 0 aliphatic heterocycles. The van der Waals surface area contributed by atoms with Crippen LogP contribution in [-0.4, -0.2) is 31.4 Å². The van der Waals surface area contributed by atoms with Crippen LogP contribution in [-0.2, 0) is 11.3 Å². The van der Waals surface area contributed by atoms with Crippen LogP contribution >= 0.6 is 11.8 Å². The van der Waals surface area contributed by atoms with Gasteiger partial charge >= 0.3 is 0 Å². The Morgan fingerprint density at radius 3 is 2.40 bits per heavy atom. The number of amides is 1. The first-order valence-corrected chi connectivity index (χ1v) is 12.2. The molecule has 1 amide bonds. The maximum atomic E-state index is 13.0. The highest BCUT2D eigenvalue weighted by Crippen LogP contribution is 2.26. The molecule has 1 N–H and O–H groups in total. The molecule has 0 aliphatic rings. The van der Waals surface area contributed by atoms with Crippen molar-refractivity contribution in [3.05, 3.63) is 120 Å². The van der Waals surface area contributed by atoms with Crippen molar-refractivity contribution >= 4 is 17.7 Å². The van der Waals surface area contributed by atoms with E-state index in [0.29, 0.717) is 23.3 Å². The van der Waals surface area contributed by atoms with Gasteiger partial charge < -0.3 is 9.73 Å². The molecule has 0 saturated heterocycles. The fraction of sp³-hybridized carbons (Fsp3) is 0.111. The summed E-state index contributed by atoms with van der Waals surface area (Å²) < 4.78 is 7.54. The van der Waals surface area contributed by atoms with Gasteiger partial charge in [-0.3, -0.25) is 14.3 Å². The van der Waals surface area contributed by atoms with Crippen molar-refractivity contribution in [1.82, 2.24) is 25.1 Å². The number of aromatic nitrogens is 4. The normalized spacial score (nSPS) is 11.8. The fourth-order valence-electron chi connectivity index (χ4n) is 3.75. The van der Waals surface area contributed by atoms with Gasteiger partial charge in [0.05, 0.1) is 30.3 Å². The van der Waals surface area contributed by atoms with Gasteiger partial charge in [-0.2, -0.15) is 0 Å². The third kappa shape index (κ3) is 5.50. The highest BCUT2D eigenvalue weighted by molar-refractivity contribution is 7.99. The smallest absolute Gasteiger partial charge is 0.231 e. The molecule has 0 radical (unpaired) electrons. The Kier molecular flexibility index (Phi) is 7.00. The highest BCUT2D eigenvalue weighted by atomic mass is 32.2. The van der Waals surface area contributed by atoms with Crippen LogP contribution in [0.4, 0.5) is 0 Å². The molecule has 0 aliphatic carbocycles. The number of benzene rings is 2. The molecule has 8 heteroatoms. The predicted molar refractivity (Wildman–Crippen MR) is 135 cm³/mol. The van der Waals surface area contributed by atoms with Crippen LogP contribution in [0.1, 0.15) is 22.9 Å². The Bertz CT molecular complexity index is 1320. The molecule has 1 atom stereocenters. The summed E-state index contributed by atoms with van der Waals surface area (Å²) in [5.41, 5.74) is 2.85. The van der Waals surface area contributed by atoms with Gasteiger partial charge in [0.2, 0.25) is 11.7 Å². The number of nitrogens with one attached hydrogen (secondary N) is 1. The van der Waals surface area contributed by atoms with E-state index in [2.05, 4.69) is 20.5 Å². The van der Waals surface area contributed by atoms with Gasteiger partial charge in [-0.1, -0.05) is 78.5 Å². The minimum atomic E-state index is -0.341. The summed E-state index contributed by atoms with van der Waals surface area (Å²) in [6.07, 6.45) is 3.34. The van der Waals surface area contributed by atoms with Gasteiger partial charge in [0.1, 0.15) is 0 Å². The van der Waals surface area contributed by atoms with E-state index >= 15 is 0 Å². The second kappa shape index (κ2) is 10.8. The van der Waals surface area contributed by atoms with Crippen LogP contribution < -0.4 is 5.32 Å². The van der Waals surface area contributed by atoms with Gasteiger partial charge in [0, 0.05) is 6.20 Å². The largest absolute Gasteiger partial charge is 0.461 e. The van der Waals surface area contributed by atoms with Crippen LogP contribution in [0, 0.1) is 0 Å². The topological polar surface area (TPSA) is 85.8 Å². The number of hydrogen-bond donors (Lipinski definition) is 1. The lowest BCUT2D eigenvalue weighted by molar-refractivity contribution is -0.119. The number of rotatable bonds is 9. The maximum Gasteiger partial charge on any atom is 0.231 e. The first-order chi connectivity index (χ1) is 17.3. The van der Waals surface area contributed by atoms with E-state index in [4.69, 9.17) is 4.42 Å². The van der Waals surface area contributed by atoms with Crippen molar-refractivity contribution in [2.75, 3.05) is 5.75 Å². The zero-order chi connectivity index (χ0) is 23.9. The zero-order valence-electron chi connectivity index (χ0n) is 18.8. The van der Waals surface area contributed by atoms with E-state index in [1.165, 1.54) is 11.8 Å². The van der Waals surface area contributed by atoms with Crippen LogP contribution in [0.3, 0.4) is 0 Å². The Balaban J connectivity index is 1.34. The van der Waals surface area contributed by atoms with Gasteiger partial charge in [0.25, 0.3) is 0 Å². The number of carbonyl (C=O) groups excluding carboxylic acids is 1. The second-order valence-corrected chi connectivity index (χ2v) is 8.75. The SMILES string of the molecule is O=C(CSc1nnc(-c2ccco2)n1Cc1ccccc1)NC(c1ccccc1)c1ccccn1. The Morgan fingerprint density at radius 2 is 1.69 bits per heavy atom. The van der Waals surface area contributed by atoms with Gasteiger partial charge in [-0.25, -0.2) is 0 Å². The average molecular weight is 482 g/mol. The second-order valence-electron chi connectivity index (χ2n) is 7.81. The molecule has 0 saturated carbocycles. The first-order valence-electron chi connectivity index (χ1n) is 11.2. The van der Waals surface area contributed by atoms with E-state index in [1.807, 2.05) is 95.6 Å². The summed E-state index contributed by atoms with van der Waals surface area (Å²) in [7, 11) is 0. The number of thioether (sulfide) groups is 1. The van der Waals surface area contributed by atoms with E-state index < -0.39 is 0 Å². The quantitative estimate of drug-likeness (QED) is 0.299. The monoisotopic (exact) mass is 481 g/mol. The van der Waals surface area contributed by atoms with Crippen LogP contribution in [0.2, 0.25) is 0 Å². The molecule has 1 unspecified atom stereocenters. The molecule has 5 aromatic rings. The fourth-order valence-corrected chi connectivity index (χ4v) is 4.49. The minimum Gasteiger partial charge on any atom is -0.461 e. The lowest BCUT2D eigenvalue weighted by Crippen LogP contribution is -2.31. The lowest BCUT2D eigenvalue weighted by atomic mass is 10.0. The van der Waals surface area contributed by atoms with E-state index in [-0.39, 0.29) is 17.7 Å². The summed E-state index contributed by atoms with van der Waals surface area (Å²) in [6, 6.07) is 28.9. The van der Waals surface area contributed by atoms with Crippen molar-refractivity contribution in [3.63, 3.8) is 0 Å². The Labute approximate surface area is 207 Å². The summed E-state index contributed by atoms with van der Waals surface area (Å²) in [5, 5.41) is 12.5. The Hall–Kier alpha value is -4.17. The summed E-state index contributed by atoms with van der Waals surface area (Å²) >= 11 is 1.34. The number of carbonyl (C=O) groups is 1. The zero-order valence-corrected chi connectivity index (χ0v) is 19.6. The van der Waals surface area contributed by atoms with Crippen molar-refractivity contribution in [1.29, 1.82) is 0 Å². The molecule has 0 bridgehead atoms. The molecular formula is C27H23N5O2S. The van der Waals surface area contributed by atoms with E-state index in [9.17, 15) is 4.79 Å². The lowest BCUT2D eigenvalue weighted by Gasteiger charge is -2.19. The van der Waals surface area contributed by atoms with Gasteiger partial charge in [-0.05, 0) is 35.4 Å². The van der Waals surface area contributed by atoms with E-state index in [0.717, 1.165) is 16.8 Å². The standard InChI is InChI=1S/C27H23N5O2S/c33-24(29-25(21-12-5-2-6-13-21)22-14-7-8-16-28-22)19-35-27-31-30-26(23-15-9-17-34-23)32(27)18-20-10-3-1-4-11-20/h1-17,25H,18-19H2,(H,29,33). The maximum absolute atomic E-state index is 13.0. The minimum absolute atomic E-state index is 0.122. The first kappa shape index (κ1) is 22.6. The number of furan rings is 1. The number of pyridine rings is 1. The number of nitrogens with zero attached hydrogens (tertiary/aromatic N) is 4. The summed E-state index contributed by atoms with van der Waals surface area (Å²) in [5.74, 6) is 1.31. The van der Waals surface area contributed by atoms with Crippen LogP contribution in [0.5, 0.6) is 0 Å². The molecule has 3 aromatic heterocycles. The number of hydrogen-bond acceptors (Lipinski definition) is 6. The van der Waals surface area contributed by atoms with Crippen molar-refractivity contribution < 1.29 is 9.21 Å². The third-order valence-corrected chi connectivity index (χ3v) is 6.36. The average Bonchev–Trinajstić information content (AvgIpc) is 3.58. The molecular weight excluding hydrogens is 458 g/mol. The van der Waals surface area contributed by atoms with Crippen molar-refractivity contribution in [2.24, 2.45) is 0 Å². The Morgan fingerprint density at radius 1 is 0.914 bits per heavy atom. The van der Waals surface area contributed by atoms with Gasteiger partial charge in [-0.15, -0.1) is 10.2 Å². The van der Waals surface area contributed by atoms with Crippen LogP contribution in [0.15, 0.2) is 113 Å². The molecule has 2 aromatic carbocycles. The molecule has 3 heterocycles. The predicted octanol–water partition coefficient (Wildman–Crippen LogP) is 4.98. The molecule has 35 heavy (non-hydrogen) atoms. The van der Waals surface area contributed by atoms with E-state index in [1.54, 1.807) is 12.5 Å². The highest BCUT2D eigenvalue weighted by Gasteiger charge is 2.21. The van der Waals surface area contributed by atoms with Crippen molar-refractivity contribution in [2.45, 2.75) is 17.7 Å². The molecule has 0 spiro atoms. The third-order valence-electron chi connectivity index (χ3n) is 5.40. The molecule has 0 fully saturated rings. The summed E-state index contributed by atoms with van der Waals surface area (Å²) in [6.45, 7) is 0.564. The summed E-state index contributed by atoms with van der Waals surface area (Å²) in [4.78, 5) is 17.5. The van der Waals surface area contributed by atoms with Crippen LogP contribution in [0.25, 0.3) is 11.6 Å². The molecule has 7 nitrogen and oxygen atoms in total.